The van der Waals surface area contributed by atoms with E-state index in [4.69, 9.17) is 4.42 Å². The SMILES string of the molecule is Cc1ccc(NC(=O)c2cc(NCc3ccco3)ccn2)cc1Br. The van der Waals surface area contributed by atoms with Crippen LogP contribution < -0.4 is 10.6 Å². The first kappa shape index (κ1) is 16.3. The second-order valence-corrected chi connectivity index (χ2v) is 6.14. The molecule has 0 saturated carbocycles. The maximum atomic E-state index is 12.4. The molecule has 0 fully saturated rings. The molecule has 0 aliphatic heterocycles. The Bertz CT molecular complexity index is 847. The van der Waals surface area contributed by atoms with Gasteiger partial charge in [-0.25, -0.2) is 0 Å². The van der Waals surface area contributed by atoms with Gasteiger partial charge >= 0.3 is 0 Å². The molecule has 5 nitrogen and oxygen atoms in total. The lowest BCUT2D eigenvalue weighted by Gasteiger charge is -2.08. The Labute approximate surface area is 148 Å². The number of hydrogen-bond acceptors (Lipinski definition) is 4. The summed E-state index contributed by atoms with van der Waals surface area (Å²) in [4.78, 5) is 16.5. The van der Waals surface area contributed by atoms with Crippen molar-refractivity contribution in [3.05, 3.63) is 76.4 Å². The Balaban J connectivity index is 1.68. The molecule has 0 aliphatic rings. The van der Waals surface area contributed by atoms with E-state index in [0.29, 0.717) is 17.9 Å². The molecule has 2 aromatic heterocycles. The van der Waals surface area contributed by atoms with E-state index in [-0.39, 0.29) is 5.91 Å². The molecule has 1 aromatic carbocycles. The van der Waals surface area contributed by atoms with Crippen molar-refractivity contribution in [2.24, 2.45) is 0 Å². The van der Waals surface area contributed by atoms with E-state index in [9.17, 15) is 4.79 Å². The summed E-state index contributed by atoms with van der Waals surface area (Å²) in [6.45, 7) is 2.54. The first-order chi connectivity index (χ1) is 11.6. The minimum atomic E-state index is -0.257. The molecule has 122 valence electrons. The summed E-state index contributed by atoms with van der Waals surface area (Å²) < 4.78 is 6.22. The zero-order chi connectivity index (χ0) is 16.9. The Hall–Kier alpha value is -2.60. The van der Waals surface area contributed by atoms with Crippen molar-refractivity contribution < 1.29 is 9.21 Å². The Morgan fingerprint density at radius 3 is 2.83 bits per heavy atom. The van der Waals surface area contributed by atoms with E-state index in [2.05, 4.69) is 31.5 Å². The Morgan fingerprint density at radius 1 is 1.21 bits per heavy atom. The summed E-state index contributed by atoms with van der Waals surface area (Å²) >= 11 is 3.46. The lowest BCUT2D eigenvalue weighted by Crippen LogP contribution is -2.14. The number of halogens is 1. The molecular weight excluding hydrogens is 370 g/mol. The summed E-state index contributed by atoms with van der Waals surface area (Å²) in [5.41, 5.74) is 2.97. The van der Waals surface area contributed by atoms with Gasteiger partial charge in [0.1, 0.15) is 11.5 Å². The van der Waals surface area contributed by atoms with Crippen molar-refractivity contribution in [2.45, 2.75) is 13.5 Å². The van der Waals surface area contributed by atoms with Gasteiger partial charge in [-0.05, 0) is 48.9 Å². The van der Waals surface area contributed by atoms with Crippen molar-refractivity contribution >= 4 is 33.2 Å². The van der Waals surface area contributed by atoms with E-state index in [0.717, 1.165) is 21.5 Å². The zero-order valence-electron chi connectivity index (χ0n) is 13.0. The summed E-state index contributed by atoms with van der Waals surface area (Å²) in [5.74, 6) is 0.565. The Morgan fingerprint density at radius 2 is 2.08 bits per heavy atom. The lowest BCUT2D eigenvalue weighted by atomic mass is 10.2. The van der Waals surface area contributed by atoms with Crippen LogP contribution in [0.5, 0.6) is 0 Å². The van der Waals surface area contributed by atoms with Gasteiger partial charge in [-0.3, -0.25) is 9.78 Å². The van der Waals surface area contributed by atoms with E-state index < -0.39 is 0 Å². The third kappa shape index (κ3) is 4.02. The zero-order valence-corrected chi connectivity index (χ0v) is 14.6. The predicted molar refractivity (Wildman–Crippen MR) is 97.1 cm³/mol. The fraction of sp³-hybridized carbons (Fsp3) is 0.111. The number of carbonyl (C=O) groups is 1. The maximum Gasteiger partial charge on any atom is 0.274 e. The van der Waals surface area contributed by atoms with Gasteiger partial charge in [0.15, 0.2) is 0 Å². The van der Waals surface area contributed by atoms with E-state index in [1.165, 1.54) is 0 Å². The van der Waals surface area contributed by atoms with Gasteiger partial charge in [0, 0.05) is 22.0 Å². The number of nitrogens with one attached hydrogen (secondary N) is 2. The molecule has 0 aliphatic carbocycles. The van der Waals surface area contributed by atoms with Crippen LogP contribution in [0.2, 0.25) is 0 Å². The molecule has 1 amide bonds. The third-order valence-corrected chi connectivity index (χ3v) is 4.32. The molecule has 0 saturated heterocycles. The van der Waals surface area contributed by atoms with Crippen LogP contribution in [-0.2, 0) is 6.54 Å². The smallest absolute Gasteiger partial charge is 0.274 e. The number of aromatic nitrogens is 1. The predicted octanol–water partition coefficient (Wildman–Crippen LogP) is 4.61. The highest BCUT2D eigenvalue weighted by Gasteiger charge is 2.09. The van der Waals surface area contributed by atoms with Gasteiger partial charge in [0.25, 0.3) is 5.91 Å². The first-order valence-electron chi connectivity index (χ1n) is 7.41. The number of pyridine rings is 1. The van der Waals surface area contributed by atoms with Gasteiger partial charge in [0.2, 0.25) is 0 Å². The summed E-state index contributed by atoms with van der Waals surface area (Å²) in [6, 6.07) is 12.9. The van der Waals surface area contributed by atoms with E-state index in [1.807, 2.05) is 43.3 Å². The fourth-order valence-corrected chi connectivity index (χ4v) is 2.51. The number of carbonyl (C=O) groups excluding carboxylic acids is 1. The molecule has 0 bridgehead atoms. The average Bonchev–Trinajstić information content (AvgIpc) is 3.10. The molecule has 24 heavy (non-hydrogen) atoms. The van der Waals surface area contributed by atoms with Crippen molar-refractivity contribution in [1.82, 2.24) is 4.98 Å². The maximum absolute atomic E-state index is 12.4. The summed E-state index contributed by atoms with van der Waals surface area (Å²) in [7, 11) is 0. The number of furan rings is 1. The average molecular weight is 386 g/mol. The minimum absolute atomic E-state index is 0.257. The van der Waals surface area contributed by atoms with Crippen LogP contribution in [0, 0.1) is 6.92 Å². The highest BCUT2D eigenvalue weighted by atomic mass is 79.9. The van der Waals surface area contributed by atoms with Crippen LogP contribution in [0.4, 0.5) is 11.4 Å². The van der Waals surface area contributed by atoms with E-state index >= 15 is 0 Å². The number of benzene rings is 1. The molecule has 2 heterocycles. The number of anilines is 2. The quantitative estimate of drug-likeness (QED) is 0.672. The molecule has 2 N–H and O–H groups in total. The molecule has 0 unspecified atom stereocenters. The first-order valence-corrected chi connectivity index (χ1v) is 8.21. The second kappa shape index (κ2) is 7.31. The molecule has 0 radical (unpaired) electrons. The number of nitrogens with zero attached hydrogens (tertiary/aromatic N) is 1. The van der Waals surface area contributed by atoms with Crippen LogP contribution in [0.25, 0.3) is 0 Å². The Kier molecular flexibility index (Phi) is 4.96. The van der Waals surface area contributed by atoms with E-state index in [1.54, 1.807) is 18.5 Å². The molecule has 3 rings (SSSR count). The number of aryl methyl sites for hydroxylation is 1. The van der Waals surface area contributed by atoms with Crippen LogP contribution in [0.3, 0.4) is 0 Å². The monoisotopic (exact) mass is 385 g/mol. The third-order valence-electron chi connectivity index (χ3n) is 3.47. The van der Waals surface area contributed by atoms with Gasteiger partial charge in [-0.15, -0.1) is 0 Å². The van der Waals surface area contributed by atoms with Crippen LogP contribution in [-0.4, -0.2) is 10.9 Å². The molecule has 0 spiro atoms. The minimum Gasteiger partial charge on any atom is -0.467 e. The molecule has 0 atom stereocenters. The summed E-state index contributed by atoms with van der Waals surface area (Å²) in [5, 5.41) is 6.05. The van der Waals surface area contributed by atoms with Crippen LogP contribution >= 0.6 is 15.9 Å². The van der Waals surface area contributed by atoms with Gasteiger partial charge in [0.05, 0.1) is 12.8 Å². The van der Waals surface area contributed by atoms with Gasteiger partial charge < -0.3 is 15.1 Å². The standard InChI is InChI=1S/C18H16BrN3O2/c1-12-4-5-14(9-16(12)19)22-18(23)17-10-13(6-7-20-17)21-11-15-3-2-8-24-15/h2-10H,11H2,1H3,(H,20,21)(H,22,23). The second-order valence-electron chi connectivity index (χ2n) is 5.28. The number of amides is 1. The molecular formula is C18H16BrN3O2. The lowest BCUT2D eigenvalue weighted by molar-refractivity contribution is 0.102. The van der Waals surface area contributed by atoms with Crippen LogP contribution in [0.1, 0.15) is 21.8 Å². The topological polar surface area (TPSA) is 67.2 Å². The van der Waals surface area contributed by atoms with Crippen molar-refractivity contribution in [1.29, 1.82) is 0 Å². The molecule has 6 heteroatoms. The van der Waals surface area contributed by atoms with Crippen molar-refractivity contribution in [3.8, 4) is 0 Å². The summed E-state index contributed by atoms with van der Waals surface area (Å²) in [6.07, 6.45) is 3.23. The number of hydrogen-bond donors (Lipinski definition) is 2. The highest BCUT2D eigenvalue weighted by molar-refractivity contribution is 9.10. The van der Waals surface area contributed by atoms with Crippen molar-refractivity contribution in [3.63, 3.8) is 0 Å². The van der Waals surface area contributed by atoms with Gasteiger partial charge in [-0.2, -0.15) is 0 Å². The fourth-order valence-electron chi connectivity index (χ4n) is 2.13. The van der Waals surface area contributed by atoms with Crippen LogP contribution in [0.15, 0.2) is 63.8 Å². The highest BCUT2D eigenvalue weighted by Crippen LogP contribution is 2.21. The van der Waals surface area contributed by atoms with Crippen molar-refractivity contribution in [2.75, 3.05) is 10.6 Å². The largest absolute Gasteiger partial charge is 0.467 e. The number of rotatable bonds is 5. The van der Waals surface area contributed by atoms with Gasteiger partial charge in [-0.1, -0.05) is 22.0 Å². The molecule has 3 aromatic rings. The normalized spacial score (nSPS) is 10.4.